The molecule has 0 unspecified atom stereocenters. The molecule has 3 heterocycles. The second-order valence-corrected chi connectivity index (χ2v) is 10.6. The lowest BCUT2D eigenvalue weighted by Gasteiger charge is -2.17. The van der Waals surface area contributed by atoms with Gasteiger partial charge >= 0.3 is 0 Å². The molecule has 0 aliphatic carbocycles. The number of fused-ring (bicyclic) bond motifs is 1. The molecule has 0 saturated carbocycles. The third kappa shape index (κ3) is 4.34. The predicted molar refractivity (Wildman–Crippen MR) is 132 cm³/mol. The summed E-state index contributed by atoms with van der Waals surface area (Å²) in [4.78, 5) is 21.6. The monoisotopic (exact) mass is 571 g/mol. The van der Waals surface area contributed by atoms with Gasteiger partial charge in [-0.2, -0.15) is 5.26 Å². The van der Waals surface area contributed by atoms with Gasteiger partial charge in [0, 0.05) is 26.9 Å². The van der Waals surface area contributed by atoms with Gasteiger partial charge in [0.25, 0.3) is 15.9 Å². The summed E-state index contributed by atoms with van der Waals surface area (Å²) < 4.78 is 28.1. The Labute approximate surface area is 204 Å². The number of nitrogens with zero attached hydrogens (tertiary/aromatic N) is 4. The first-order valence-corrected chi connectivity index (χ1v) is 12.3. The van der Waals surface area contributed by atoms with Crippen molar-refractivity contribution in [3.05, 3.63) is 76.3 Å². The zero-order valence-electron chi connectivity index (χ0n) is 17.7. The molecule has 0 radical (unpaired) electrons. The molecule has 4 rings (SSSR count). The van der Waals surface area contributed by atoms with Gasteiger partial charge in [-0.05, 0) is 66.8 Å². The molecule has 0 aliphatic rings. The van der Waals surface area contributed by atoms with E-state index < -0.39 is 21.5 Å². The first kappa shape index (κ1) is 22.9. The molecule has 3 aromatic heterocycles. The van der Waals surface area contributed by atoms with Gasteiger partial charge in [-0.15, -0.1) is 0 Å². The normalized spacial score (nSPS) is 11.8. The summed E-state index contributed by atoms with van der Waals surface area (Å²) in [6.07, 6.45) is 3.03. The number of carbonyl (C=O) groups is 1. The van der Waals surface area contributed by atoms with Gasteiger partial charge in [0.15, 0.2) is 5.65 Å². The van der Waals surface area contributed by atoms with E-state index in [0.717, 1.165) is 7.54 Å². The van der Waals surface area contributed by atoms with E-state index in [0.29, 0.717) is 22.3 Å². The maximum atomic E-state index is 13.1. The molecule has 1 N–H and O–H groups in total. The molecule has 1 amide bonds. The fourth-order valence-electron chi connectivity index (χ4n) is 3.20. The van der Waals surface area contributed by atoms with Gasteiger partial charge in [0.1, 0.15) is 11.2 Å². The van der Waals surface area contributed by atoms with Crippen LogP contribution in [0.4, 0.5) is 0 Å². The number of benzene rings is 1. The van der Waals surface area contributed by atoms with Crippen LogP contribution in [0.25, 0.3) is 22.3 Å². The van der Waals surface area contributed by atoms with Crippen LogP contribution in [0.3, 0.4) is 0 Å². The molecule has 10 heteroatoms. The molecular formula is C23H18IN5O3S. The number of hydrogen-bond acceptors (Lipinski definition) is 6. The number of nitrogens with one attached hydrogen (secondary N) is 1. The van der Waals surface area contributed by atoms with Crippen molar-refractivity contribution in [2.75, 3.05) is 0 Å². The van der Waals surface area contributed by atoms with Crippen molar-refractivity contribution in [1.82, 2.24) is 19.3 Å². The minimum atomic E-state index is -3.80. The van der Waals surface area contributed by atoms with Gasteiger partial charge in [-0.25, -0.2) is 22.4 Å². The summed E-state index contributed by atoms with van der Waals surface area (Å²) >= 11 is 2.12. The highest BCUT2D eigenvalue weighted by molar-refractivity contribution is 14.1. The topological polar surface area (TPSA) is 118 Å². The minimum Gasteiger partial charge on any atom is -0.333 e. The van der Waals surface area contributed by atoms with Crippen LogP contribution in [0.2, 0.25) is 0 Å². The number of pyridine rings is 2. The molecule has 0 atom stereocenters. The van der Waals surface area contributed by atoms with E-state index in [2.05, 4.69) is 37.9 Å². The van der Waals surface area contributed by atoms with Crippen molar-refractivity contribution in [3.8, 4) is 17.3 Å². The lowest BCUT2D eigenvalue weighted by molar-refractivity contribution is 0.0924. The first-order valence-electron chi connectivity index (χ1n) is 9.81. The third-order valence-corrected chi connectivity index (χ3v) is 7.72. The van der Waals surface area contributed by atoms with Crippen LogP contribution in [-0.2, 0) is 10.0 Å². The average molecular weight is 571 g/mol. The summed E-state index contributed by atoms with van der Waals surface area (Å²) in [5.74, 6) is -0.465. The molecule has 0 spiro atoms. The molecule has 0 aliphatic heterocycles. The quantitative estimate of drug-likeness (QED) is 0.363. The zero-order chi connectivity index (χ0) is 23.8. The van der Waals surface area contributed by atoms with Crippen molar-refractivity contribution >= 4 is 49.6 Å². The number of rotatable bonds is 5. The van der Waals surface area contributed by atoms with Crippen molar-refractivity contribution in [2.45, 2.75) is 24.3 Å². The Morgan fingerprint density at radius 3 is 2.55 bits per heavy atom. The van der Waals surface area contributed by atoms with Crippen LogP contribution in [-0.4, -0.2) is 33.8 Å². The maximum Gasteiger partial charge on any atom is 0.271 e. The van der Waals surface area contributed by atoms with E-state index in [4.69, 9.17) is 5.26 Å². The summed E-state index contributed by atoms with van der Waals surface area (Å²) in [7, 11) is -3.80. The Balaban J connectivity index is 1.75. The second kappa shape index (κ2) is 8.57. The number of halogens is 1. The summed E-state index contributed by atoms with van der Waals surface area (Å²) in [5.41, 5.74) is 0.603. The van der Waals surface area contributed by atoms with Crippen molar-refractivity contribution in [3.63, 3.8) is 0 Å². The van der Waals surface area contributed by atoms with Gasteiger partial charge in [0.05, 0.1) is 16.7 Å². The van der Waals surface area contributed by atoms with E-state index in [1.165, 1.54) is 18.3 Å². The highest BCUT2D eigenvalue weighted by Crippen LogP contribution is 2.31. The average Bonchev–Trinajstić information content (AvgIpc) is 3.26. The van der Waals surface area contributed by atoms with E-state index in [1.807, 2.05) is 6.07 Å². The Bertz CT molecular complexity index is 1520. The Kier molecular flexibility index (Phi) is 5.94. The summed E-state index contributed by atoms with van der Waals surface area (Å²) in [6.45, 7) is 3.20. The molecule has 166 valence electrons. The Hall–Kier alpha value is -3.30. The molecular weight excluding hydrogens is 553 g/mol. The number of nitriles is 1. The van der Waals surface area contributed by atoms with E-state index in [-0.39, 0.29) is 10.6 Å². The highest BCUT2D eigenvalue weighted by atomic mass is 127. The molecule has 0 fully saturated rings. The fourth-order valence-corrected chi connectivity index (χ4v) is 5.36. The molecule has 4 aromatic rings. The molecule has 0 bridgehead atoms. The van der Waals surface area contributed by atoms with E-state index in [9.17, 15) is 13.2 Å². The van der Waals surface area contributed by atoms with Crippen molar-refractivity contribution < 1.29 is 13.2 Å². The van der Waals surface area contributed by atoms with Crippen LogP contribution < -0.4 is 5.32 Å². The van der Waals surface area contributed by atoms with Crippen molar-refractivity contribution in [2.24, 2.45) is 0 Å². The Morgan fingerprint density at radius 2 is 1.85 bits per heavy atom. The fraction of sp³-hybridized carbons (Fsp3) is 0.130. The summed E-state index contributed by atoms with van der Waals surface area (Å²) in [5, 5.41) is 12.4. The van der Waals surface area contributed by atoms with Crippen LogP contribution in [0.5, 0.6) is 0 Å². The zero-order valence-corrected chi connectivity index (χ0v) is 20.6. The van der Waals surface area contributed by atoms with Gasteiger partial charge in [-0.3, -0.25) is 4.79 Å². The SMILES string of the molecule is CC(C)(C#N)NC(=O)c1cccc(-c2cnc3c(ccn3S(=O)(=O)c3ccccc3)c2I)n1. The smallest absolute Gasteiger partial charge is 0.271 e. The molecule has 0 saturated heterocycles. The van der Waals surface area contributed by atoms with Crippen LogP contribution in [0, 0.1) is 14.9 Å². The van der Waals surface area contributed by atoms with Gasteiger partial charge < -0.3 is 5.32 Å². The van der Waals surface area contributed by atoms with E-state index in [1.54, 1.807) is 62.5 Å². The van der Waals surface area contributed by atoms with Crippen LogP contribution in [0.1, 0.15) is 24.3 Å². The second-order valence-electron chi connectivity index (χ2n) is 7.75. The highest BCUT2D eigenvalue weighted by Gasteiger charge is 2.23. The lowest BCUT2D eigenvalue weighted by Crippen LogP contribution is -2.42. The minimum absolute atomic E-state index is 0.163. The number of aromatic nitrogens is 3. The molecule has 8 nitrogen and oxygen atoms in total. The van der Waals surface area contributed by atoms with Crippen molar-refractivity contribution in [1.29, 1.82) is 5.26 Å². The van der Waals surface area contributed by atoms with Crippen LogP contribution in [0.15, 0.2) is 71.9 Å². The maximum absolute atomic E-state index is 13.1. The Morgan fingerprint density at radius 1 is 1.12 bits per heavy atom. The van der Waals surface area contributed by atoms with Crippen LogP contribution >= 0.6 is 22.6 Å². The first-order chi connectivity index (χ1) is 15.6. The van der Waals surface area contributed by atoms with Gasteiger partial charge in [-0.1, -0.05) is 24.3 Å². The standard InChI is InChI=1S/C23H18IN5O3S/c1-23(2,14-25)28-22(30)19-10-6-9-18(27-19)17-13-26-21-16(20(17)24)11-12-29(21)33(31,32)15-7-4-3-5-8-15/h3-13H,1-2H3,(H,28,30). The van der Waals surface area contributed by atoms with Gasteiger partial charge in [0.2, 0.25) is 0 Å². The lowest BCUT2D eigenvalue weighted by atomic mass is 10.1. The predicted octanol–water partition coefficient (Wildman–Crippen LogP) is 3.97. The van der Waals surface area contributed by atoms with E-state index >= 15 is 0 Å². The number of amides is 1. The molecule has 33 heavy (non-hydrogen) atoms. The third-order valence-electron chi connectivity index (χ3n) is 4.88. The summed E-state index contributed by atoms with van der Waals surface area (Å²) in [6, 6.07) is 16.9. The number of carbonyl (C=O) groups excluding carboxylic acids is 1. The molecule has 1 aromatic carbocycles. The largest absolute Gasteiger partial charge is 0.333 e. The number of hydrogen-bond donors (Lipinski definition) is 1.